The molecule has 80 valence electrons. The molecule has 4 heteroatoms. The van der Waals surface area contributed by atoms with Crippen molar-refractivity contribution in [1.82, 2.24) is 0 Å². The first kappa shape index (κ1) is 9.78. The Morgan fingerprint density at radius 1 is 1.06 bits per heavy atom. The lowest BCUT2D eigenvalue weighted by atomic mass is 10.1. The summed E-state index contributed by atoms with van der Waals surface area (Å²) in [6.45, 7) is 0. The zero-order valence-electron chi connectivity index (χ0n) is 7.93. The van der Waals surface area contributed by atoms with Crippen molar-refractivity contribution in [2.45, 2.75) is 0 Å². The van der Waals surface area contributed by atoms with Gasteiger partial charge in [0.25, 0.3) is 0 Å². The number of benzene rings is 2. The molecule has 0 N–H and O–H groups in total. The summed E-state index contributed by atoms with van der Waals surface area (Å²) >= 11 is 3.06. The molecule has 0 saturated heterocycles. The molecule has 0 unspecified atom stereocenters. The van der Waals surface area contributed by atoms with Gasteiger partial charge in [0.15, 0.2) is 5.58 Å². The molecule has 0 fully saturated rings. The number of hydrogen-bond acceptors (Lipinski definition) is 1. The Morgan fingerprint density at radius 3 is 2.62 bits per heavy atom. The fourth-order valence-electron chi connectivity index (χ4n) is 1.79. The minimum absolute atomic E-state index is 0.153. The van der Waals surface area contributed by atoms with Gasteiger partial charge in [0, 0.05) is 11.5 Å². The molecule has 1 heterocycles. The molecule has 0 radical (unpaired) electrons. The van der Waals surface area contributed by atoms with Gasteiger partial charge in [-0.15, -0.1) is 0 Å². The van der Waals surface area contributed by atoms with Crippen LogP contribution in [0.4, 0.5) is 8.78 Å². The minimum Gasteiger partial charge on any atom is -0.455 e. The van der Waals surface area contributed by atoms with Crippen molar-refractivity contribution in [2.75, 3.05) is 0 Å². The number of hydrogen-bond donors (Lipinski definition) is 0. The molecule has 0 aliphatic rings. The van der Waals surface area contributed by atoms with Crippen LogP contribution in [0.25, 0.3) is 21.9 Å². The second kappa shape index (κ2) is 3.28. The van der Waals surface area contributed by atoms with Crippen molar-refractivity contribution in [3.8, 4) is 0 Å². The van der Waals surface area contributed by atoms with E-state index < -0.39 is 11.6 Å². The van der Waals surface area contributed by atoms with E-state index >= 15 is 0 Å². The number of fused-ring (bicyclic) bond motifs is 3. The van der Waals surface area contributed by atoms with Gasteiger partial charge in [-0.25, -0.2) is 8.78 Å². The summed E-state index contributed by atoms with van der Waals surface area (Å²) in [4.78, 5) is 0. The van der Waals surface area contributed by atoms with Crippen LogP contribution in [0.15, 0.2) is 39.2 Å². The van der Waals surface area contributed by atoms with Crippen LogP contribution in [0, 0.1) is 11.6 Å². The van der Waals surface area contributed by atoms with Crippen molar-refractivity contribution in [2.24, 2.45) is 0 Å². The summed E-state index contributed by atoms with van der Waals surface area (Å²) in [5.74, 6) is -1.27. The van der Waals surface area contributed by atoms with E-state index in [1.807, 2.05) is 0 Å². The number of rotatable bonds is 0. The standard InChI is InChI=1S/C12H5BrF2O/c13-11-8(15)5-7(14)10-6-3-1-2-4-9(6)16-12(10)11/h1-5H. The average molecular weight is 283 g/mol. The van der Waals surface area contributed by atoms with E-state index in [0.29, 0.717) is 16.4 Å². The van der Waals surface area contributed by atoms with Crippen molar-refractivity contribution in [1.29, 1.82) is 0 Å². The lowest BCUT2D eigenvalue weighted by Crippen LogP contribution is -1.83. The van der Waals surface area contributed by atoms with Crippen molar-refractivity contribution in [3.05, 3.63) is 46.4 Å². The summed E-state index contributed by atoms with van der Waals surface area (Å²) in [7, 11) is 0. The maximum absolute atomic E-state index is 13.7. The molecule has 0 amide bonds. The third kappa shape index (κ3) is 1.19. The van der Waals surface area contributed by atoms with E-state index in [9.17, 15) is 8.78 Å². The second-order valence-corrected chi connectivity index (χ2v) is 4.25. The van der Waals surface area contributed by atoms with Crippen LogP contribution in [-0.4, -0.2) is 0 Å². The molecule has 0 aliphatic carbocycles. The highest BCUT2D eigenvalue weighted by molar-refractivity contribution is 9.10. The van der Waals surface area contributed by atoms with Gasteiger partial charge in [0.1, 0.15) is 17.2 Å². The lowest BCUT2D eigenvalue weighted by molar-refractivity contribution is 0.579. The molecule has 1 nitrogen and oxygen atoms in total. The molecule has 0 aliphatic heterocycles. The molecule has 3 rings (SSSR count). The van der Waals surface area contributed by atoms with Crippen molar-refractivity contribution < 1.29 is 13.2 Å². The van der Waals surface area contributed by atoms with Gasteiger partial charge in [0.2, 0.25) is 0 Å². The molecule has 16 heavy (non-hydrogen) atoms. The SMILES string of the molecule is Fc1cc(F)c2c(oc3ccccc32)c1Br. The highest BCUT2D eigenvalue weighted by atomic mass is 79.9. The molecule has 1 aromatic heterocycles. The maximum Gasteiger partial charge on any atom is 0.155 e. The van der Waals surface area contributed by atoms with Crippen LogP contribution in [0.5, 0.6) is 0 Å². The summed E-state index contributed by atoms with van der Waals surface area (Å²) in [5.41, 5.74) is 0.751. The quantitative estimate of drug-likeness (QED) is 0.548. The van der Waals surface area contributed by atoms with Gasteiger partial charge in [-0.3, -0.25) is 0 Å². The Kier molecular flexibility index (Phi) is 2.01. The highest BCUT2D eigenvalue weighted by Crippen LogP contribution is 2.36. The molecule has 0 spiro atoms. The molecule has 0 saturated carbocycles. The molecular weight excluding hydrogens is 278 g/mol. The summed E-state index contributed by atoms with van der Waals surface area (Å²) in [5, 5.41) is 0.958. The van der Waals surface area contributed by atoms with Gasteiger partial charge < -0.3 is 4.42 Å². The molecule has 2 aromatic carbocycles. The third-order valence-electron chi connectivity index (χ3n) is 2.50. The van der Waals surface area contributed by atoms with Gasteiger partial charge in [-0.2, -0.15) is 0 Å². The van der Waals surface area contributed by atoms with Gasteiger partial charge in [-0.1, -0.05) is 18.2 Å². The van der Waals surface area contributed by atoms with Crippen LogP contribution < -0.4 is 0 Å². The highest BCUT2D eigenvalue weighted by Gasteiger charge is 2.17. The zero-order valence-corrected chi connectivity index (χ0v) is 9.51. The minimum atomic E-state index is -0.663. The number of para-hydroxylation sites is 1. The molecule has 3 aromatic rings. The van der Waals surface area contributed by atoms with Crippen molar-refractivity contribution in [3.63, 3.8) is 0 Å². The Bertz CT molecular complexity index is 703. The first-order valence-corrected chi connectivity index (χ1v) is 5.42. The van der Waals surface area contributed by atoms with E-state index in [1.54, 1.807) is 24.3 Å². The topological polar surface area (TPSA) is 13.1 Å². The Hall–Kier alpha value is -1.42. The van der Waals surface area contributed by atoms with Crippen LogP contribution >= 0.6 is 15.9 Å². The summed E-state index contributed by atoms with van der Waals surface area (Å²) in [6, 6.07) is 7.89. The number of furan rings is 1. The predicted octanol–water partition coefficient (Wildman–Crippen LogP) is 4.63. The summed E-state index contributed by atoms with van der Waals surface area (Å²) < 4.78 is 32.5. The average Bonchev–Trinajstić information content (AvgIpc) is 2.65. The fourth-order valence-corrected chi connectivity index (χ4v) is 2.19. The fraction of sp³-hybridized carbons (Fsp3) is 0. The molecular formula is C12H5BrF2O. The summed E-state index contributed by atoms with van der Waals surface area (Å²) in [6.07, 6.45) is 0. The van der Waals surface area contributed by atoms with Gasteiger partial charge in [-0.05, 0) is 22.0 Å². The smallest absolute Gasteiger partial charge is 0.155 e. The van der Waals surface area contributed by atoms with Crippen molar-refractivity contribution >= 4 is 37.9 Å². The Labute approximate surface area is 97.8 Å². The first-order chi connectivity index (χ1) is 7.68. The van der Waals surface area contributed by atoms with Crippen LogP contribution in [0.1, 0.15) is 0 Å². The zero-order chi connectivity index (χ0) is 11.3. The Balaban J connectivity index is 2.64. The lowest BCUT2D eigenvalue weighted by Gasteiger charge is -1.96. The number of halogens is 3. The van der Waals surface area contributed by atoms with Crippen LogP contribution in [-0.2, 0) is 0 Å². The van der Waals surface area contributed by atoms with E-state index in [0.717, 1.165) is 6.07 Å². The van der Waals surface area contributed by atoms with Gasteiger partial charge in [0.05, 0.1) is 9.86 Å². The van der Waals surface area contributed by atoms with E-state index in [2.05, 4.69) is 15.9 Å². The van der Waals surface area contributed by atoms with Crippen LogP contribution in [0.2, 0.25) is 0 Å². The largest absolute Gasteiger partial charge is 0.455 e. The third-order valence-corrected chi connectivity index (χ3v) is 3.24. The monoisotopic (exact) mass is 282 g/mol. The van der Waals surface area contributed by atoms with E-state index in [1.165, 1.54) is 0 Å². The normalized spacial score (nSPS) is 11.4. The van der Waals surface area contributed by atoms with E-state index in [-0.39, 0.29) is 10.1 Å². The second-order valence-electron chi connectivity index (χ2n) is 3.46. The van der Waals surface area contributed by atoms with Gasteiger partial charge >= 0.3 is 0 Å². The van der Waals surface area contributed by atoms with E-state index in [4.69, 9.17) is 4.42 Å². The maximum atomic E-state index is 13.7. The van der Waals surface area contributed by atoms with Crippen LogP contribution in [0.3, 0.4) is 0 Å². The molecule has 0 atom stereocenters. The Morgan fingerprint density at radius 2 is 1.81 bits per heavy atom. The first-order valence-electron chi connectivity index (χ1n) is 4.63. The molecule has 0 bridgehead atoms. The predicted molar refractivity (Wildman–Crippen MR) is 61.3 cm³/mol.